The van der Waals surface area contributed by atoms with Crippen molar-refractivity contribution in [3.05, 3.63) is 64.6 Å². The highest BCUT2D eigenvalue weighted by atomic mass is 35.5. The zero-order valence-electron chi connectivity index (χ0n) is 14.3. The predicted octanol–water partition coefficient (Wildman–Crippen LogP) is 4.86. The van der Waals surface area contributed by atoms with Gasteiger partial charge in [0.25, 0.3) is 0 Å². The second kappa shape index (κ2) is 7.58. The average Bonchev–Trinajstić information content (AvgIpc) is 2.65. The molecule has 25 heavy (non-hydrogen) atoms. The number of allylic oxidation sites excluding steroid dienone is 5. The SMILES string of the molecule is COC1=CCCC(c2cnc(NC3C=CC=CC3C)c(Cl)c2C#N)=C1. The van der Waals surface area contributed by atoms with E-state index in [1.165, 1.54) is 0 Å². The zero-order chi connectivity index (χ0) is 17.8. The fourth-order valence-electron chi connectivity index (χ4n) is 3.02. The van der Waals surface area contributed by atoms with Gasteiger partial charge in [-0.25, -0.2) is 4.98 Å². The van der Waals surface area contributed by atoms with Gasteiger partial charge in [-0.1, -0.05) is 42.8 Å². The molecule has 128 valence electrons. The van der Waals surface area contributed by atoms with E-state index < -0.39 is 0 Å². The van der Waals surface area contributed by atoms with E-state index in [9.17, 15) is 5.26 Å². The van der Waals surface area contributed by atoms with E-state index in [1.807, 2.05) is 24.3 Å². The van der Waals surface area contributed by atoms with Crippen LogP contribution in [0.25, 0.3) is 5.57 Å². The molecule has 0 amide bonds. The van der Waals surface area contributed by atoms with Crippen LogP contribution >= 0.6 is 11.6 Å². The van der Waals surface area contributed by atoms with Crippen molar-refractivity contribution >= 4 is 23.0 Å². The van der Waals surface area contributed by atoms with Gasteiger partial charge in [0, 0.05) is 11.8 Å². The van der Waals surface area contributed by atoms with Gasteiger partial charge < -0.3 is 10.1 Å². The molecular formula is C20H20ClN3O. The van der Waals surface area contributed by atoms with E-state index >= 15 is 0 Å². The van der Waals surface area contributed by atoms with Crippen molar-refractivity contribution in [1.29, 1.82) is 5.26 Å². The van der Waals surface area contributed by atoms with Crippen molar-refractivity contribution in [3.8, 4) is 6.07 Å². The molecular weight excluding hydrogens is 334 g/mol. The second-order valence-electron chi connectivity index (χ2n) is 6.14. The molecule has 3 rings (SSSR count). The van der Waals surface area contributed by atoms with Gasteiger partial charge in [-0.15, -0.1) is 0 Å². The number of ether oxygens (including phenoxy) is 1. The fourth-order valence-corrected chi connectivity index (χ4v) is 3.27. The maximum atomic E-state index is 9.65. The van der Waals surface area contributed by atoms with E-state index in [2.05, 4.69) is 35.4 Å². The summed E-state index contributed by atoms with van der Waals surface area (Å²) in [5, 5.41) is 13.3. The van der Waals surface area contributed by atoms with Crippen LogP contribution < -0.4 is 5.32 Å². The second-order valence-corrected chi connectivity index (χ2v) is 6.52. The van der Waals surface area contributed by atoms with E-state index in [4.69, 9.17) is 16.3 Å². The van der Waals surface area contributed by atoms with E-state index in [0.717, 1.165) is 29.7 Å². The van der Waals surface area contributed by atoms with Crippen LogP contribution in [0.15, 0.2) is 48.4 Å². The minimum atomic E-state index is 0.101. The molecule has 4 nitrogen and oxygen atoms in total. The lowest BCUT2D eigenvalue weighted by molar-refractivity contribution is 0.304. The predicted molar refractivity (Wildman–Crippen MR) is 101 cm³/mol. The fraction of sp³-hybridized carbons (Fsp3) is 0.300. The largest absolute Gasteiger partial charge is 0.497 e. The normalized spacial score (nSPS) is 22.0. The highest BCUT2D eigenvalue weighted by Gasteiger charge is 2.21. The smallest absolute Gasteiger partial charge is 0.146 e. The molecule has 1 heterocycles. The van der Waals surface area contributed by atoms with Gasteiger partial charge in [-0.2, -0.15) is 5.26 Å². The number of halogens is 1. The molecule has 2 aliphatic carbocycles. The molecule has 0 aromatic carbocycles. The number of hydrogen-bond acceptors (Lipinski definition) is 4. The van der Waals surface area contributed by atoms with Crippen LogP contribution in [0.4, 0.5) is 5.82 Å². The summed E-state index contributed by atoms with van der Waals surface area (Å²) in [5.74, 6) is 1.66. The minimum Gasteiger partial charge on any atom is -0.497 e. The number of pyridine rings is 1. The van der Waals surface area contributed by atoms with Crippen LogP contribution in [-0.4, -0.2) is 18.1 Å². The zero-order valence-corrected chi connectivity index (χ0v) is 15.0. The lowest BCUT2D eigenvalue weighted by Crippen LogP contribution is -2.26. The Kier molecular flexibility index (Phi) is 5.25. The number of anilines is 1. The van der Waals surface area contributed by atoms with Crippen LogP contribution in [0, 0.1) is 17.2 Å². The van der Waals surface area contributed by atoms with Gasteiger partial charge in [0.15, 0.2) is 0 Å². The first kappa shape index (κ1) is 17.3. The summed E-state index contributed by atoms with van der Waals surface area (Å²) in [4.78, 5) is 4.49. The van der Waals surface area contributed by atoms with Gasteiger partial charge in [0.05, 0.1) is 18.7 Å². The van der Waals surface area contributed by atoms with Gasteiger partial charge in [0.1, 0.15) is 22.7 Å². The number of aromatic nitrogens is 1. The minimum absolute atomic E-state index is 0.101. The van der Waals surface area contributed by atoms with Crippen LogP contribution in [-0.2, 0) is 4.74 Å². The lowest BCUT2D eigenvalue weighted by Gasteiger charge is -2.23. The molecule has 2 unspecified atom stereocenters. The Bertz CT molecular complexity index is 830. The summed E-state index contributed by atoms with van der Waals surface area (Å²) in [6, 6.07) is 2.34. The Hall–Kier alpha value is -2.51. The molecule has 0 bridgehead atoms. The van der Waals surface area contributed by atoms with Crippen molar-refractivity contribution < 1.29 is 4.74 Å². The third-order valence-electron chi connectivity index (χ3n) is 4.50. The molecule has 0 radical (unpaired) electrons. The molecule has 1 N–H and O–H groups in total. The summed E-state index contributed by atoms with van der Waals surface area (Å²) in [6.07, 6.45) is 15.6. The molecule has 5 heteroatoms. The van der Waals surface area contributed by atoms with Crippen molar-refractivity contribution in [2.45, 2.75) is 25.8 Å². The lowest BCUT2D eigenvalue weighted by atomic mass is 9.94. The Morgan fingerprint density at radius 2 is 2.16 bits per heavy atom. The standard InChI is InChI=1S/C20H20ClN3O/c1-13-6-3-4-9-18(13)24-20-19(21)16(11-22)17(12-23-20)14-7-5-8-15(10-14)25-2/h3-4,6,8-10,12-13,18H,5,7H2,1-2H3,(H,23,24). The van der Waals surface area contributed by atoms with Gasteiger partial charge in [-0.3, -0.25) is 0 Å². The maximum absolute atomic E-state index is 9.65. The molecule has 2 atom stereocenters. The number of hydrogen-bond donors (Lipinski definition) is 1. The molecule has 0 spiro atoms. The monoisotopic (exact) mass is 353 g/mol. The molecule has 2 aliphatic rings. The number of nitriles is 1. The van der Waals surface area contributed by atoms with Crippen LogP contribution in [0.3, 0.4) is 0 Å². The third kappa shape index (κ3) is 3.62. The van der Waals surface area contributed by atoms with Crippen LogP contribution in [0.1, 0.15) is 30.9 Å². The Labute approximate surface area is 153 Å². The van der Waals surface area contributed by atoms with E-state index in [-0.39, 0.29) is 6.04 Å². The van der Waals surface area contributed by atoms with E-state index in [0.29, 0.717) is 22.3 Å². The number of methoxy groups -OCH3 is 1. The van der Waals surface area contributed by atoms with Crippen molar-refractivity contribution in [1.82, 2.24) is 4.98 Å². The molecule has 0 aliphatic heterocycles. The summed E-state index contributed by atoms with van der Waals surface area (Å²) in [7, 11) is 1.64. The topological polar surface area (TPSA) is 57.9 Å². The van der Waals surface area contributed by atoms with Crippen molar-refractivity contribution in [3.63, 3.8) is 0 Å². The Morgan fingerprint density at radius 1 is 1.36 bits per heavy atom. The van der Waals surface area contributed by atoms with Crippen LogP contribution in [0.5, 0.6) is 0 Å². The van der Waals surface area contributed by atoms with E-state index in [1.54, 1.807) is 13.3 Å². The highest BCUT2D eigenvalue weighted by Crippen LogP contribution is 2.34. The summed E-state index contributed by atoms with van der Waals surface area (Å²) in [6.45, 7) is 2.12. The average molecular weight is 354 g/mol. The number of nitrogens with one attached hydrogen (secondary N) is 1. The highest BCUT2D eigenvalue weighted by molar-refractivity contribution is 6.34. The van der Waals surface area contributed by atoms with Gasteiger partial charge >= 0.3 is 0 Å². The summed E-state index contributed by atoms with van der Waals surface area (Å²) < 4.78 is 5.30. The van der Waals surface area contributed by atoms with Crippen molar-refractivity contribution in [2.24, 2.45) is 5.92 Å². The molecule has 0 saturated carbocycles. The first-order valence-electron chi connectivity index (χ1n) is 8.29. The van der Waals surface area contributed by atoms with Gasteiger partial charge in [-0.05, 0) is 36.5 Å². The Morgan fingerprint density at radius 3 is 2.88 bits per heavy atom. The molecule has 1 aromatic heterocycles. The Balaban J connectivity index is 1.94. The first-order valence-corrected chi connectivity index (χ1v) is 8.67. The maximum Gasteiger partial charge on any atom is 0.146 e. The quantitative estimate of drug-likeness (QED) is 0.840. The number of nitrogens with zero attached hydrogens (tertiary/aromatic N) is 2. The first-order chi connectivity index (χ1) is 12.1. The number of rotatable bonds is 4. The molecule has 0 fully saturated rings. The van der Waals surface area contributed by atoms with Crippen molar-refractivity contribution in [2.75, 3.05) is 12.4 Å². The van der Waals surface area contributed by atoms with Crippen LogP contribution in [0.2, 0.25) is 5.02 Å². The van der Waals surface area contributed by atoms with Gasteiger partial charge in [0.2, 0.25) is 0 Å². The third-order valence-corrected chi connectivity index (χ3v) is 4.87. The summed E-state index contributed by atoms with van der Waals surface area (Å²) >= 11 is 6.51. The molecule has 0 saturated heterocycles. The summed E-state index contributed by atoms with van der Waals surface area (Å²) in [5.41, 5.74) is 2.24. The molecule has 1 aromatic rings.